The van der Waals surface area contributed by atoms with Crippen LogP contribution >= 0.6 is 0 Å². The second kappa shape index (κ2) is 7.51. The van der Waals surface area contributed by atoms with Crippen molar-refractivity contribution in [2.75, 3.05) is 11.4 Å². The highest BCUT2D eigenvalue weighted by molar-refractivity contribution is 5.76. The van der Waals surface area contributed by atoms with Crippen LogP contribution in [0, 0.1) is 0 Å². The Morgan fingerprint density at radius 2 is 2.25 bits per heavy atom. The van der Waals surface area contributed by atoms with E-state index < -0.39 is 0 Å². The van der Waals surface area contributed by atoms with Crippen LogP contribution in [0.25, 0.3) is 0 Å². The summed E-state index contributed by atoms with van der Waals surface area (Å²) in [5.41, 5.74) is 3.43. The maximum atomic E-state index is 12.2. The van der Waals surface area contributed by atoms with Crippen LogP contribution < -0.4 is 10.2 Å². The molecule has 5 heteroatoms. The van der Waals surface area contributed by atoms with Gasteiger partial charge in [-0.25, -0.2) is 4.98 Å². The van der Waals surface area contributed by atoms with Crippen molar-refractivity contribution in [2.24, 2.45) is 0 Å². The molecule has 0 radical (unpaired) electrons. The smallest absolute Gasteiger partial charge is 0.222 e. The normalized spacial score (nSPS) is 16.8. The average molecular weight is 327 g/mol. The Morgan fingerprint density at radius 3 is 3.04 bits per heavy atom. The van der Waals surface area contributed by atoms with Gasteiger partial charge < -0.3 is 14.6 Å². The van der Waals surface area contributed by atoms with E-state index in [1.165, 1.54) is 11.3 Å². The molecular weight excluding hydrogens is 302 g/mol. The number of carbonyl (C=O) groups is 1. The van der Waals surface area contributed by atoms with Crippen LogP contribution in [0.4, 0.5) is 5.69 Å². The van der Waals surface area contributed by atoms with Crippen molar-refractivity contribution < 1.29 is 9.21 Å². The molecular formula is C19H25N3O2. The maximum Gasteiger partial charge on any atom is 0.222 e. The van der Waals surface area contributed by atoms with Gasteiger partial charge in [0.25, 0.3) is 0 Å². The number of amides is 1. The molecule has 1 unspecified atom stereocenters. The van der Waals surface area contributed by atoms with Crippen molar-refractivity contribution in [1.29, 1.82) is 0 Å². The fourth-order valence-electron chi connectivity index (χ4n) is 3.19. The lowest BCUT2D eigenvalue weighted by molar-refractivity contribution is -0.121. The molecule has 128 valence electrons. The zero-order chi connectivity index (χ0) is 16.9. The molecule has 1 atom stereocenters. The van der Waals surface area contributed by atoms with E-state index in [1.54, 1.807) is 6.26 Å². The summed E-state index contributed by atoms with van der Waals surface area (Å²) >= 11 is 0. The van der Waals surface area contributed by atoms with Gasteiger partial charge in [0.2, 0.25) is 5.91 Å². The number of fused-ring (bicyclic) bond motifs is 1. The lowest BCUT2D eigenvalue weighted by Crippen LogP contribution is -2.39. The monoisotopic (exact) mass is 327 g/mol. The minimum absolute atomic E-state index is 0.0475. The summed E-state index contributed by atoms with van der Waals surface area (Å²) in [6.45, 7) is 5.39. The molecule has 0 spiro atoms. The molecule has 0 bridgehead atoms. The molecule has 0 saturated carbocycles. The van der Waals surface area contributed by atoms with Gasteiger partial charge in [-0.15, -0.1) is 0 Å². The number of anilines is 1. The van der Waals surface area contributed by atoms with Gasteiger partial charge in [0, 0.05) is 31.1 Å². The second-order valence-corrected chi connectivity index (χ2v) is 6.32. The van der Waals surface area contributed by atoms with Crippen molar-refractivity contribution >= 4 is 11.6 Å². The summed E-state index contributed by atoms with van der Waals surface area (Å²) in [6, 6.07) is 8.96. The highest BCUT2D eigenvalue weighted by atomic mass is 16.3. The largest absolute Gasteiger partial charge is 0.449 e. The Morgan fingerprint density at radius 1 is 1.42 bits per heavy atom. The predicted molar refractivity (Wildman–Crippen MR) is 93.9 cm³/mol. The lowest BCUT2D eigenvalue weighted by Gasteiger charge is -2.37. The van der Waals surface area contributed by atoms with Gasteiger partial charge in [0.1, 0.15) is 6.26 Å². The van der Waals surface area contributed by atoms with Gasteiger partial charge >= 0.3 is 0 Å². The summed E-state index contributed by atoms with van der Waals surface area (Å²) in [5.74, 6) is 0.754. The van der Waals surface area contributed by atoms with Crippen LogP contribution in [-0.4, -0.2) is 23.5 Å². The van der Waals surface area contributed by atoms with E-state index in [2.05, 4.69) is 46.4 Å². The average Bonchev–Trinajstić information content (AvgIpc) is 3.07. The van der Waals surface area contributed by atoms with E-state index in [-0.39, 0.29) is 5.91 Å². The molecule has 0 fully saturated rings. The predicted octanol–water partition coefficient (Wildman–Crippen LogP) is 3.08. The zero-order valence-corrected chi connectivity index (χ0v) is 14.4. The fourth-order valence-corrected chi connectivity index (χ4v) is 3.19. The third kappa shape index (κ3) is 3.78. The standard InChI is InChI=1S/C19H25N3O2/c1-3-19-21-16(13-24-19)12-20-18(23)10-11-22-14(2)8-9-15-6-4-5-7-17(15)22/h4-7,13-14H,3,8-12H2,1-2H3,(H,20,23). The molecule has 24 heavy (non-hydrogen) atoms. The maximum absolute atomic E-state index is 12.2. The summed E-state index contributed by atoms with van der Waals surface area (Å²) in [5, 5.41) is 2.93. The summed E-state index contributed by atoms with van der Waals surface area (Å²) < 4.78 is 5.28. The minimum atomic E-state index is 0.0475. The number of aryl methyl sites for hydroxylation is 2. The number of rotatable bonds is 6. The molecule has 1 N–H and O–H groups in total. The lowest BCUT2D eigenvalue weighted by atomic mass is 9.96. The number of para-hydroxylation sites is 1. The number of oxazole rings is 1. The van der Waals surface area contributed by atoms with Crippen molar-refractivity contribution in [3.63, 3.8) is 0 Å². The van der Waals surface area contributed by atoms with Crippen LogP contribution in [0.15, 0.2) is 34.9 Å². The molecule has 1 aliphatic rings. The number of carbonyl (C=O) groups excluding carboxylic acids is 1. The van der Waals surface area contributed by atoms with Crippen LogP contribution in [0.1, 0.15) is 43.8 Å². The molecule has 1 aromatic heterocycles. The summed E-state index contributed by atoms with van der Waals surface area (Å²) in [7, 11) is 0. The number of hydrogen-bond acceptors (Lipinski definition) is 4. The molecule has 0 saturated heterocycles. The Kier molecular flexibility index (Phi) is 5.18. The van der Waals surface area contributed by atoms with Crippen LogP contribution in [-0.2, 0) is 24.2 Å². The number of nitrogens with zero attached hydrogens (tertiary/aromatic N) is 2. The highest BCUT2D eigenvalue weighted by Crippen LogP contribution is 2.30. The topological polar surface area (TPSA) is 58.4 Å². The molecule has 1 amide bonds. The fraction of sp³-hybridized carbons (Fsp3) is 0.474. The van der Waals surface area contributed by atoms with Gasteiger partial charge in [0.05, 0.1) is 12.2 Å². The third-order valence-electron chi connectivity index (χ3n) is 4.61. The van der Waals surface area contributed by atoms with Crippen LogP contribution in [0.5, 0.6) is 0 Å². The molecule has 2 aromatic rings. The highest BCUT2D eigenvalue weighted by Gasteiger charge is 2.22. The number of nitrogens with one attached hydrogen (secondary N) is 1. The van der Waals surface area contributed by atoms with E-state index in [0.717, 1.165) is 31.5 Å². The van der Waals surface area contributed by atoms with Crippen molar-refractivity contribution in [3.8, 4) is 0 Å². The van der Waals surface area contributed by atoms with Gasteiger partial charge in [0.15, 0.2) is 5.89 Å². The molecule has 3 rings (SSSR count). The van der Waals surface area contributed by atoms with E-state index in [9.17, 15) is 4.79 Å². The first kappa shape index (κ1) is 16.6. The van der Waals surface area contributed by atoms with Crippen molar-refractivity contribution in [2.45, 2.75) is 52.1 Å². The second-order valence-electron chi connectivity index (χ2n) is 6.32. The van der Waals surface area contributed by atoms with Crippen molar-refractivity contribution in [1.82, 2.24) is 10.3 Å². The summed E-state index contributed by atoms with van der Waals surface area (Å²) in [6.07, 6.45) is 5.11. The van der Waals surface area contributed by atoms with Gasteiger partial charge in [-0.2, -0.15) is 0 Å². The van der Waals surface area contributed by atoms with E-state index in [1.807, 2.05) is 6.92 Å². The third-order valence-corrected chi connectivity index (χ3v) is 4.61. The zero-order valence-electron chi connectivity index (χ0n) is 14.4. The number of hydrogen-bond donors (Lipinski definition) is 1. The van der Waals surface area contributed by atoms with Gasteiger partial charge in [-0.05, 0) is 31.4 Å². The Hall–Kier alpha value is -2.30. The Labute approximate surface area is 143 Å². The first-order valence-electron chi connectivity index (χ1n) is 8.72. The Bertz CT molecular complexity index is 695. The van der Waals surface area contributed by atoms with Crippen molar-refractivity contribution in [3.05, 3.63) is 47.7 Å². The van der Waals surface area contributed by atoms with Crippen LogP contribution in [0.2, 0.25) is 0 Å². The van der Waals surface area contributed by atoms with Gasteiger partial charge in [-0.1, -0.05) is 25.1 Å². The molecule has 1 aromatic carbocycles. The first-order valence-corrected chi connectivity index (χ1v) is 8.72. The quantitative estimate of drug-likeness (QED) is 0.886. The number of aromatic nitrogens is 1. The van der Waals surface area contributed by atoms with E-state index >= 15 is 0 Å². The molecule has 1 aliphatic heterocycles. The van der Waals surface area contributed by atoms with E-state index in [4.69, 9.17) is 4.42 Å². The molecule has 5 nitrogen and oxygen atoms in total. The summed E-state index contributed by atoms with van der Waals surface area (Å²) in [4.78, 5) is 18.8. The number of benzene rings is 1. The first-order chi connectivity index (χ1) is 11.7. The Balaban J connectivity index is 1.52. The van der Waals surface area contributed by atoms with E-state index in [0.29, 0.717) is 24.9 Å². The SMILES string of the molecule is CCc1nc(CNC(=O)CCN2c3ccccc3CCC2C)co1. The molecule has 2 heterocycles. The minimum Gasteiger partial charge on any atom is -0.449 e. The van der Waals surface area contributed by atoms with Crippen LogP contribution in [0.3, 0.4) is 0 Å². The van der Waals surface area contributed by atoms with Gasteiger partial charge in [-0.3, -0.25) is 4.79 Å². The molecule has 0 aliphatic carbocycles.